The van der Waals surface area contributed by atoms with E-state index >= 15 is 0 Å². The number of piperazine rings is 1. The number of carbonyl (C=O) groups is 3. The van der Waals surface area contributed by atoms with Gasteiger partial charge in [-0.25, -0.2) is 4.79 Å². The third-order valence-corrected chi connectivity index (χ3v) is 4.14. The van der Waals surface area contributed by atoms with Crippen molar-refractivity contribution in [2.45, 2.75) is 26.2 Å². The summed E-state index contributed by atoms with van der Waals surface area (Å²) in [5.74, 6) is -0.286. The number of urea groups is 1. The van der Waals surface area contributed by atoms with E-state index in [-0.39, 0.29) is 18.2 Å². The Morgan fingerprint density at radius 1 is 1.00 bits per heavy atom. The molecule has 2 N–H and O–H groups in total. The molecule has 1 heterocycles. The summed E-state index contributed by atoms with van der Waals surface area (Å²) in [5.41, 5.74) is 1.18. The van der Waals surface area contributed by atoms with E-state index in [4.69, 9.17) is 0 Å². The zero-order valence-electron chi connectivity index (χ0n) is 14.7. The second kappa shape index (κ2) is 9.66. The fraction of sp³-hybridized carbons (Fsp3) is 0.500. The van der Waals surface area contributed by atoms with Crippen LogP contribution in [0.3, 0.4) is 0 Å². The molecule has 4 amide bonds. The maximum absolute atomic E-state index is 12.2. The Morgan fingerprint density at radius 2 is 1.68 bits per heavy atom. The van der Waals surface area contributed by atoms with Gasteiger partial charge in [-0.15, -0.1) is 0 Å². The lowest BCUT2D eigenvalue weighted by molar-refractivity contribution is -0.131. The molecular formula is C18H26N4O3. The molecule has 0 bridgehead atoms. The highest BCUT2D eigenvalue weighted by atomic mass is 16.2. The molecule has 0 aromatic heterocycles. The number of amides is 4. The van der Waals surface area contributed by atoms with E-state index < -0.39 is 6.03 Å². The molecule has 25 heavy (non-hydrogen) atoms. The summed E-state index contributed by atoms with van der Waals surface area (Å²) in [7, 11) is 0. The van der Waals surface area contributed by atoms with Gasteiger partial charge in [-0.2, -0.15) is 0 Å². The van der Waals surface area contributed by atoms with Crippen LogP contribution in [0.5, 0.6) is 0 Å². The normalized spacial score (nSPS) is 14.1. The van der Waals surface area contributed by atoms with E-state index in [2.05, 4.69) is 27.7 Å². The van der Waals surface area contributed by atoms with Gasteiger partial charge in [0.1, 0.15) is 0 Å². The molecule has 7 nitrogen and oxygen atoms in total. The first-order chi connectivity index (χ1) is 12.1. The second-order valence-corrected chi connectivity index (χ2v) is 5.96. The molecule has 1 aromatic carbocycles. The number of benzene rings is 1. The van der Waals surface area contributed by atoms with Gasteiger partial charge in [0.2, 0.25) is 11.8 Å². The predicted molar refractivity (Wildman–Crippen MR) is 96.3 cm³/mol. The molecule has 1 aliphatic heterocycles. The maximum Gasteiger partial charge on any atom is 0.321 e. The van der Waals surface area contributed by atoms with Gasteiger partial charge in [-0.05, 0) is 25.5 Å². The summed E-state index contributed by atoms with van der Waals surface area (Å²) >= 11 is 0. The molecule has 1 aromatic rings. The smallest absolute Gasteiger partial charge is 0.321 e. The van der Waals surface area contributed by atoms with Crippen LogP contribution in [0.4, 0.5) is 10.5 Å². The summed E-state index contributed by atoms with van der Waals surface area (Å²) in [6, 6.07) is 9.67. The standard InChI is InChI=1S/C18H26N4O3/c1-2-19-18(25)20-16(23)9-6-10-17(24)22-13-11-21(12-14-22)15-7-4-3-5-8-15/h3-5,7-8H,2,6,9-14H2,1H3,(H2,19,20,23,25). The van der Waals surface area contributed by atoms with E-state index in [0.29, 0.717) is 32.5 Å². The third kappa shape index (κ3) is 6.10. The van der Waals surface area contributed by atoms with Crippen molar-refractivity contribution < 1.29 is 14.4 Å². The van der Waals surface area contributed by atoms with Gasteiger partial charge in [0.05, 0.1) is 0 Å². The predicted octanol–water partition coefficient (Wildman–Crippen LogP) is 1.35. The quantitative estimate of drug-likeness (QED) is 0.815. The summed E-state index contributed by atoms with van der Waals surface area (Å²) < 4.78 is 0. The van der Waals surface area contributed by atoms with Crippen molar-refractivity contribution >= 4 is 23.5 Å². The lowest BCUT2D eigenvalue weighted by Gasteiger charge is -2.36. The fourth-order valence-corrected chi connectivity index (χ4v) is 2.81. The minimum absolute atomic E-state index is 0.0681. The van der Waals surface area contributed by atoms with Gasteiger partial charge in [0.25, 0.3) is 0 Å². The van der Waals surface area contributed by atoms with E-state index in [1.54, 1.807) is 6.92 Å². The number of carbonyl (C=O) groups excluding carboxylic acids is 3. The first-order valence-corrected chi connectivity index (χ1v) is 8.75. The average molecular weight is 346 g/mol. The van der Waals surface area contributed by atoms with Crippen molar-refractivity contribution in [1.82, 2.24) is 15.5 Å². The van der Waals surface area contributed by atoms with E-state index in [9.17, 15) is 14.4 Å². The molecule has 0 radical (unpaired) electrons. The first-order valence-electron chi connectivity index (χ1n) is 8.75. The molecule has 7 heteroatoms. The molecule has 1 saturated heterocycles. The van der Waals surface area contributed by atoms with Gasteiger partial charge >= 0.3 is 6.03 Å². The highest BCUT2D eigenvalue weighted by molar-refractivity contribution is 5.94. The zero-order valence-corrected chi connectivity index (χ0v) is 14.7. The van der Waals surface area contributed by atoms with Crippen molar-refractivity contribution in [3.8, 4) is 0 Å². The number of rotatable bonds is 6. The van der Waals surface area contributed by atoms with Crippen LogP contribution in [0.2, 0.25) is 0 Å². The largest absolute Gasteiger partial charge is 0.368 e. The Balaban J connectivity index is 1.65. The second-order valence-electron chi connectivity index (χ2n) is 5.96. The van der Waals surface area contributed by atoms with Crippen molar-refractivity contribution in [2.24, 2.45) is 0 Å². The molecule has 0 saturated carbocycles. The van der Waals surface area contributed by atoms with E-state index in [1.165, 1.54) is 5.69 Å². The topological polar surface area (TPSA) is 81.8 Å². The minimum atomic E-state index is -0.490. The Morgan fingerprint density at radius 3 is 2.32 bits per heavy atom. The summed E-state index contributed by atoms with van der Waals surface area (Å²) in [4.78, 5) is 39.2. The van der Waals surface area contributed by atoms with Gasteiger partial charge in [-0.3, -0.25) is 14.9 Å². The molecule has 1 fully saturated rings. The molecule has 0 spiro atoms. The molecular weight excluding hydrogens is 320 g/mol. The highest BCUT2D eigenvalue weighted by Crippen LogP contribution is 2.16. The van der Waals surface area contributed by atoms with Crippen molar-refractivity contribution in [3.05, 3.63) is 30.3 Å². The first kappa shape index (κ1) is 18.8. The number of nitrogens with one attached hydrogen (secondary N) is 2. The van der Waals surface area contributed by atoms with Crippen molar-refractivity contribution in [2.75, 3.05) is 37.6 Å². The van der Waals surface area contributed by atoms with Crippen molar-refractivity contribution in [3.63, 3.8) is 0 Å². The number of anilines is 1. The number of nitrogens with zero attached hydrogens (tertiary/aromatic N) is 2. The van der Waals surface area contributed by atoms with Crippen molar-refractivity contribution in [1.29, 1.82) is 0 Å². The van der Waals surface area contributed by atoms with Gasteiger partial charge in [0, 0.05) is 51.3 Å². The minimum Gasteiger partial charge on any atom is -0.368 e. The Kier molecular flexibility index (Phi) is 7.25. The lowest BCUT2D eigenvalue weighted by Crippen LogP contribution is -2.48. The molecule has 1 aliphatic rings. The average Bonchev–Trinajstić information content (AvgIpc) is 2.62. The fourth-order valence-electron chi connectivity index (χ4n) is 2.81. The molecule has 136 valence electrons. The van der Waals surface area contributed by atoms with E-state index in [0.717, 1.165) is 13.1 Å². The SMILES string of the molecule is CCNC(=O)NC(=O)CCCC(=O)N1CCN(c2ccccc2)CC1. The molecule has 0 atom stereocenters. The number of imide groups is 1. The summed E-state index contributed by atoms with van der Waals surface area (Å²) in [6.07, 6.45) is 0.948. The summed E-state index contributed by atoms with van der Waals surface area (Å²) in [5, 5.41) is 4.73. The van der Waals surface area contributed by atoms with Crippen LogP contribution in [0.15, 0.2) is 30.3 Å². The van der Waals surface area contributed by atoms with Gasteiger partial charge < -0.3 is 15.1 Å². The Bertz CT molecular complexity index is 583. The zero-order chi connectivity index (χ0) is 18.1. The number of hydrogen-bond acceptors (Lipinski definition) is 4. The third-order valence-electron chi connectivity index (χ3n) is 4.14. The van der Waals surface area contributed by atoms with Crippen LogP contribution in [0.25, 0.3) is 0 Å². The Labute approximate surface area is 148 Å². The van der Waals surface area contributed by atoms with E-state index in [1.807, 2.05) is 23.1 Å². The molecule has 0 aliphatic carbocycles. The van der Waals surface area contributed by atoms with Crippen LogP contribution >= 0.6 is 0 Å². The molecule has 0 unspecified atom stereocenters. The van der Waals surface area contributed by atoms with Crippen LogP contribution in [0.1, 0.15) is 26.2 Å². The van der Waals surface area contributed by atoms with Crippen LogP contribution in [-0.4, -0.2) is 55.5 Å². The van der Waals surface area contributed by atoms with Gasteiger partial charge in [0.15, 0.2) is 0 Å². The Hall–Kier alpha value is -2.57. The highest BCUT2D eigenvalue weighted by Gasteiger charge is 2.21. The van der Waals surface area contributed by atoms with Crippen LogP contribution < -0.4 is 15.5 Å². The maximum atomic E-state index is 12.2. The monoisotopic (exact) mass is 346 g/mol. The van der Waals surface area contributed by atoms with Crippen LogP contribution in [0, 0.1) is 0 Å². The van der Waals surface area contributed by atoms with Crippen LogP contribution in [-0.2, 0) is 9.59 Å². The number of para-hydroxylation sites is 1. The number of hydrogen-bond donors (Lipinski definition) is 2. The summed E-state index contributed by atoms with van der Waals surface area (Å²) in [6.45, 7) is 5.26. The lowest BCUT2D eigenvalue weighted by atomic mass is 10.2. The molecule has 2 rings (SSSR count). The van der Waals surface area contributed by atoms with Gasteiger partial charge in [-0.1, -0.05) is 18.2 Å².